The zero-order valence-electron chi connectivity index (χ0n) is 16.5. The first-order valence-electron chi connectivity index (χ1n) is 9.43. The number of aliphatic hydroxyl groups is 1. The fraction of sp³-hybridized carbons (Fsp3) is 0.500. The molecular formula is C20H26Cl2NO3PS2. The fourth-order valence-electron chi connectivity index (χ4n) is 3.01. The summed E-state index contributed by atoms with van der Waals surface area (Å²) in [6.45, 7) is 3.92. The van der Waals surface area contributed by atoms with Crippen LogP contribution in [0.1, 0.15) is 46.0 Å². The van der Waals surface area contributed by atoms with Gasteiger partial charge in [0.1, 0.15) is 6.29 Å². The van der Waals surface area contributed by atoms with Gasteiger partial charge in [-0.05, 0) is 25.5 Å². The van der Waals surface area contributed by atoms with Gasteiger partial charge in [-0.15, -0.1) is 21.0 Å². The maximum Gasteiger partial charge on any atom is 0.225 e. The van der Waals surface area contributed by atoms with E-state index in [0.29, 0.717) is 26.8 Å². The molecule has 2 rings (SSSR count). The average molecular weight is 494 g/mol. The van der Waals surface area contributed by atoms with Gasteiger partial charge in [0.25, 0.3) is 0 Å². The monoisotopic (exact) mass is 493 g/mol. The van der Waals surface area contributed by atoms with Gasteiger partial charge in [0.2, 0.25) is 5.91 Å². The first-order valence-corrected chi connectivity index (χ1v) is 12.5. The lowest BCUT2D eigenvalue weighted by Gasteiger charge is -2.29. The molecule has 0 radical (unpaired) electrons. The summed E-state index contributed by atoms with van der Waals surface area (Å²) in [5, 5.41) is 13.2. The van der Waals surface area contributed by atoms with E-state index in [-0.39, 0.29) is 24.2 Å². The number of nitrogens with one attached hydrogen (secondary N) is 1. The number of aliphatic hydroxyl groups excluding tert-OH is 1. The normalized spacial score (nSPS) is 19.9. The molecule has 0 saturated heterocycles. The summed E-state index contributed by atoms with van der Waals surface area (Å²) in [7, 11) is 2.69. The number of fused-ring (bicyclic) bond motifs is 1. The van der Waals surface area contributed by atoms with Crippen LogP contribution in [0.15, 0.2) is 32.4 Å². The lowest BCUT2D eigenvalue weighted by Crippen LogP contribution is -2.41. The Hall–Kier alpha value is -0.230. The van der Waals surface area contributed by atoms with Crippen molar-refractivity contribution in [2.75, 3.05) is 6.61 Å². The molecular weight excluding hydrogens is 468 g/mol. The van der Waals surface area contributed by atoms with Crippen molar-refractivity contribution in [2.24, 2.45) is 0 Å². The van der Waals surface area contributed by atoms with Crippen LogP contribution in [-0.4, -0.2) is 34.4 Å². The van der Waals surface area contributed by atoms with E-state index in [1.54, 1.807) is 12.1 Å². The van der Waals surface area contributed by atoms with Gasteiger partial charge in [0.15, 0.2) is 0 Å². The minimum atomic E-state index is -0.417. The molecule has 1 aliphatic heterocycles. The van der Waals surface area contributed by atoms with Gasteiger partial charge >= 0.3 is 0 Å². The molecule has 160 valence electrons. The van der Waals surface area contributed by atoms with Gasteiger partial charge in [0, 0.05) is 20.3 Å². The van der Waals surface area contributed by atoms with Gasteiger partial charge in [-0.25, -0.2) is 0 Å². The number of thioether (sulfide) groups is 2. The Bertz CT molecular complexity index is 802. The van der Waals surface area contributed by atoms with E-state index in [4.69, 9.17) is 23.2 Å². The number of amides is 1. The van der Waals surface area contributed by atoms with E-state index in [9.17, 15) is 14.7 Å². The maximum absolute atomic E-state index is 12.6. The number of aldehydes is 1. The Balaban J connectivity index is 2.22. The van der Waals surface area contributed by atoms with Crippen LogP contribution in [0.2, 0.25) is 10.0 Å². The van der Waals surface area contributed by atoms with Crippen LogP contribution in [0, 0.1) is 0 Å². The molecule has 0 bridgehead atoms. The highest BCUT2D eigenvalue weighted by molar-refractivity contribution is 8.09. The molecule has 1 amide bonds. The molecule has 3 unspecified atom stereocenters. The lowest BCUT2D eigenvalue weighted by molar-refractivity contribution is -0.122. The number of rotatable bonds is 9. The van der Waals surface area contributed by atoms with Crippen molar-refractivity contribution in [2.45, 2.75) is 66.3 Å². The Labute approximate surface area is 193 Å². The van der Waals surface area contributed by atoms with Crippen molar-refractivity contribution in [1.82, 2.24) is 5.32 Å². The molecule has 0 aromatic heterocycles. The van der Waals surface area contributed by atoms with Crippen LogP contribution in [0.3, 0.4) is 0 Å². The van der Waals surface area contributed by atoms with E-state index in [2.05, 4.69) is 21.5 Å². The Kier molecular flexibility index (Phi) is 9.85. The van der Waals surface area contributed by atoms with Crippen LogP contribution in [-0.2, 0) is 9.59 Å². The zero-order chi connectivity index (χ0) is 21.6. The van der Waals surface area contributed by atoms with Crippen LogP contribution < -0.4 is 5.32 Å². The molecule has 4 nitrogen and oxygen atoms in total. The first kappa shape index (κ1) is 25.0. The zero-order valence-corrected chi connectivity index (χ0v) is 20.8. The van der Waals surface area contributed by atoms with Crippen molar-refractivity contribution in [3.05, 3.63) is 32.7 Å². The molecule has 0 spiro atoms. The van der Waals surface area contributed by atoms with Crippen LogP contribution in [0.4, 0.5) is 0 Å². The van der Waals surface area contributed by atoms with Gasteiger partial charge in [0.05, 0.1) is 33.6 Å². The van der Waals surface area contributed by atoms with E-state index in [1.807, 2.05) is 6.92 Å². The van der Waals surface area contributed by atoms with Crippen molar-refractivity contribution in [3.63, 3.8) is 0 Å². The highest BCUT2D eigenvalue weighted by Gasteiger charge is 2.31. The number of carbonyl (C=O) groups is 2. The molecule has 9 heteroatoms. The summed E-state index contributed by atoms with van der Waals surface area (Å²) in [6.07, 6.45) is 4.74. The van der Waals surface area contributed by atoms with E-state index in [1.165, 1.54) is 23.5 Å². The molecule has 0 saturated carbocycles. The lowest BCUT2D eigenvalue weighted by atomic mass is 10.1. The third-order valence-corrected chi connectivity index (χ3v) is 8.77. The molecule has 2 N–H and O–H groups in total. The van der Waals surface area contributed by atoms with Crippen molar-refractivity contribution < 1.29 is 14.7 Å². The second kappa shape index (κ2) is 11.4. The summed E-state index contributed by atoms with van der Waals surface area (Å²) >= 11 is 15.3. The topological polar surface area (TPSA) is 66.4 Å². The molecule has 1 heterocycles. The number of benzene rings is 1. The number of carbonyl (C=O) groups excluding carboxylic acids is 2. The predicted molar refractivity (Wildman–Crippen MR) is 127 cm³/mol. The number of unbranched alkanes of at least 4 members (excludes halogenated alkanes) is 2. The summed E-state index contributed by atoms with van der Waals surface area (Å²) in [6, 6.07) is 3.42. The Morgan fingerprint density at radius 3 is 2.55 bits per heavy atom. The quantitative estimate of drug-likeness (QED) is 0.200. The molecule has 0 aliphatic carbocycles. The number of hydrogen-bond acceptors (Lipinski definition) is 5. The highest BCUT2D eigenvalue weighted by Crippen LogP contribution is 2.53. The molecule has 3 atom stereocenters. The SMILES string of the molecule is CCCCCC(C)(P)NC(=O)C/C(C=O)=C1/Sc2c(Cl)ccc(Cl)c2SC1CO. The third kappa shape index (κ3) is 6.88. The summed E-state index contributed by atoms with van der Waals surface area (Å²) in [4.78, 5) is 26.6. The smallest absolute Gasteiger partial charge is 0.225 e. The Morgan fingerprint density at radius 2 is 1.97 bits per heavy atom. The van der Waals surface area contributed by atoms with E-state index >= 15 is 0 Å². The third-order valence-electron chi connectivity index (χ3n) is 4.48. The van der Waals surface area contributed by atoms with Crippen molar-refractivity contribution >= 4 is 68.2 Å². The van der Waals surface area contributed by atoms with Crippen molar-refractivity contribution in [3.8, 4) is 0 Å². The van der Waals surface area contributed by atoms with E-state index < -0.39 is 5.28 Å². The number of hydrogen-bond donors (Lipinski definition) is 2. The van der Waals surface area contributed by atoms with Crippen LogP contribution >= 0.6 is 56.0 Å². The van der Waals surface area contributed by atoms with Crippen molar-refractivity contribution in [1.29, 1.82) is 0 Å². The number of halogens is 2. The standard InChI is InChI=1S/C20H26Cl2NO3PS2/c1-3-4-5-8-20(2,27)23-16(26)9-12(10-24)17-15(11-25)28-18-13(21)6-7-14(22)19(18)29-17/h6-7,10,15,25H,3-5,8-9,11,27H2,1-2H3,(H,23,26)/b17-12-. The van der Waals surface area contributed by atoms with Gasteiger partial charge < -0.3 is 10.4 Å². The van der Waals surface area contributed by atoms with Gasteiger partial charge in [-0.3, -0.25) is 9.59 Å². The largest absolute Gasteiger partial charge is 0.395 e. The molecule has 1 aromatic rings. The highest BCUT2D eigenvalue weighted by atomic mass is 35.5. The summed E-state index contributed by atoms with van der Waals surface area (Å²) in [5.74, 6) is -0.223. The first-order chi connectivity index (χ1) is 13.7. The van der Waals surface area contributed by atoms with E-state index in [0.717, 1.165) is 35.5 Å². The van der Waals surface area contributed by atoms with Gasteiger partial charge in [-0.2, -0.15) is 0 Å². The maximum atomic E-state index is 12.6. The summed E-state index contributed by atoms with van der Waals surface area (Å²) in [5.41, 5.74) is 0.357. The van der Waals surface area contributed by atoms with Gasteiger partial charge in [-0.1, -0.05) is 61.1 Å². The second-order valence-electron chi connectivity index (χ2n) is 7.19. The summed E-state index contributed by atoms with van der Waals surface area (Å²) < 4.78 is 0. The molecule has 29 heavy (non-hydrogen) atoms. The molecule has 0 fully saturated rings. The molecule has 1 aromatic carbocycles. The second-order valence-corrected chi connectivity index (χ2v) is 11.5. The minimum Gasteiger partial charge on any atom is -0.395 e. The minimum absolute atomic E-state index is 0.0474. The molecule has 1 aliphatic rings. The van der Waals surface area contributed by atoms with Crippen LogP contribution in [0.5, 0.6) is 0 Å². The predicted octanol–water partition coefficient (Wildman–Crippen LogP) is 5.68. The van der Waals surface area contributed by atoms with Crippen LogP contribution in [0.25, 0.3) is 0 Å². The fourth-order valence-corrected chi connectivity index (χ4v) is 6.67. The Morgan fingerprint density at radius 1 is 1.31 bits per heavy atom. The average Bonchev–Trinajstić information content (AvgIpc) is 2.68.